The Hall–Kier alpha value is -2.87. The number of carbonyl (C=O) groups excluding carboxylic acids is 1. The third-order valence-electron chi connectivity index (χ3n) is 4.63. The van der Waals surface area contributed by atoms with Crippen molar-refractivity contribution in [2.75, 3.05) is 12.4 Å². The van der Waals surface area contributed by atoms with Gasteiger partial charge in [0.2, 0.25) is 15.9 Å². The summed E-state index contributed by atoms with van der Waals surface area (Å²) in [5.74, 6) is -0.0109. The second-order valence-corrected chi connectivity index (χ2v) is 9.16. The number of hydrogen-bond acceptors (Lipinski definition) is 4. The van der Waals surface area contributed by atoms with Crippen molar-refractivity contribution in [2.45, 2.75) is 24.3 Å². The number of halogens is 1. The molecule has 0 aliphatic carbocycles. The lowest BCUT2D eigenvalue weighted by Gasteiger charge is -2.20. The van der Waals surface area contributed by atoms with Gasteiger partial charge < -0.3 is 10.1 Å². The quantitative estimate of drug-likeness (QED) is 0.530. The van der Waals surface area contributed by atoms with Crippen molar-refractivity contribution in [1.82, 2.24) is 4.72 Å². The topological polar surface area (TPSA) is 84.5 Å². The van der Waals surface area contributed by atoms with Crippen molar-refractivity contribution < 1.29 is 17.9 Å². The van der Waals surface area contributed by atoms with E-state index in [2.05, 4.69) is 10.0 Å². The summed E-state index contributed by atoms with van der Waals surface area (Å²) in [6.07, 6.45) is 0.174. The van der Waals surface area contributed by atoms with Crippen LogP contribution in [0.2, 0.25) is 5.02 Å². The normalized spacial score (nSPS) is 12.2. The highest BCUT2D eigenvalue weighted by atomic mass is 35.5. The third kappa shape index (κ3) is 6.07. The van der Waals surface area contributed by atoms with Crippen LogP contribution in [0.4, 0.5) is 5.69 Å². The van der Waals surface area contributed by atoms with Gasteiger partial charge in [0.1, 0.15) is 11.8 Å². The molecule has 6 nitrogen and oxygen atoms in total. The second-order valence-electron chi connectivity index (χ2n) is 7.01. The molecule has 0 spiro atoms. The largest absolute Gasteiger partial charge is 0.495 e. The van der Waals surface area contributed by atoms with Gasteiger partial charge in [0.15, 0.2) is 0 Å². The Bertz CT molecular complexity index is 1150. The van der Waals surface area contributed by atoms with E-state index in [9.17, 15) is 13.2 Å². The second kappa shape index (κ2) is 9.96. The number of sulfonamides is 1. The van der Waals surface area contributed by atoms with Gasteiger partial charge in [0.05, 0.1) is 17.7 Å². The fraction of sp³-hybridized carbons (Fsp3) is 0.174. The van der Waals surface area contributed by atoms with Gasteiger partial charge in [-0.3, -0.25) is 4.79 Å². The zero-order valence-corrected chi connectivity index (χ0v) is 18.7. The lowest BCUT2D eigenvalue weighted by atomic mass is 10.1. The Kier molecular flexibility index (Phi) is 7.33. The number of nitrogens with one attached hydrogen (secondary N) is 2. The average Bonchev–Trinajstić information content (AvgIpc) is 2.74. The number of benzene rings is 3. The molecule has 0 fully saturated rings. The molecule has 162 valence electrons. The number of carbonyl (C=O) groups is 1. The molecule has 0 aliphatic heterocycles. The van der Waals surface area contributed by atoms with Crippen LogP contribution in [0.5, 0.6) is 5.75 Å². The van der Waals surface area contributed by atoms with Gasteiger partial charge in [-0.05, 0) is 60.9 Å². The lowest BCUT2D eigenvalue weighted by molar-refractivity contribution is -0.117. The molecule has 3 aromatic carbocycles. The first-order valence-corrected chi connectivity index (χ1v) is 11.4. The molecule has 3 aromatic rings. The maximum Gasteiger partial charge on any atom is 0.243 e. The van der Waals surface area contributed by atoms with Crippen LogP contribution in [0, 0.1) is 6.92 Å². The van der Waals surface area contributed by atoms with Gasteiger partial charge in [-0.25, -0.2) is 8.42 Å². The number of rotatable bonds is 8. The molecule has 0 radical (unpaired) electrons. The molecule has 0 aromatic heterocycles. The fourth-order valence-electron chi connectivity index (χ4n) is 3.05. The summed E-state index contributed by atoms with van der Waals surface area (Å²) in [6, 6.07) is 19.3. The lowest BCUT2D eigenvalue weighted by Crippen LogP contribution is -2.45. The van der Waals surface area contributed by atoms with Crippen LogP contribution in [0.25, 0.3) is 0 Å². The molecular weight excluding hydrogens is 436 g/mol. The Morgan fingerprint density at radius 2 is 1.71 bits per heavy atom. The SMILES string of the molecule is COc1ccc(C)cc1NC(=O)[C@@H](Cc1ccccc1)NS(=O)(=O)c1ccc(Cl)cc1. The predicted octanol–water partition coefficient (Wildman–Crippen LogP) is 4.19. The van der Waals surface area contributed by atoms with Gasteiger partial charge in [-0.2, -0.15) is 4.72 Å². The predicted molar refractivity (Wildman–Crippen MR) is 122 cm³/mol. The molecular formula is C23H23ClN2O4S. The van der Waals surface area contributed by atoms with Crippen molar-refractivity contribution in [1.29, 1.82) is 0 Å². The summed E-state index contributed by atoms with van der Waals surface area (Å²) in [7, 11) is -2.45. The highest BCUT2D eigenvalue weighted by Gasteiger charge is 2.27. The van der Waals surface area contributed by atoms with Gasteiger partial charge in [-0.15, -0.1) is 0 Å². The number of hydrogen-bond donors (Lipinski definition) is 2. The molecule has 2 N–H and O–H groups in total. The molecule has 1 amide bonds. The van der Waals surface area contributed by atoms with Gasteiger partial charge in [-0.1, -0.05) is 48.0 Å². The minimum absolute atomic E-state index is 0.0240. The molecule has 0 bridgehead atoms. The van der Waals surface area contributed by atoms with E-state index < -0.39 is 22.0 Å². The number of amides is 1. The summed E-state index contributed by atoms with van der Waals surface area (Å²) < 4.78 is 33.7. The van der Waals surface area contributed by atoms with Gasteiger partial charge in [0.25, 0.3) is 0 Å². The minimum atomic E-state index is -3.96. The first kappa shape index (κ1) is 22.8. The van der Waals surface area contributed by atoms with Crippen molar-refractivity contribution in [3.63, 3.8) is 0 Å². The minimum Gasteiger partial charge on any atom is -0.495 e. The van der Waals surface area contributed by atoms with Crippen molar-refractivity contribution >= 4 is 33.2 Å². The molecule has 1 atom stereocenters. The van der Waals surface area contributed by atoms with Crippen LogP contribution in [0.15, 0.2) is 77.7 Å². The van der Waals surface area contributed by atoms with Gasteiger partial charge >= 0.3 is 0 Å². The van der Waals surface area contributed by atoms with Crippen molar-refractivity contribution in [3.05, 3.63) is 88.9 Å². The molecule has 0 saturated heterocycles. The molecule has 0 unspecified atom stereocenters. The van der Waals surface area contributed by atoms with Crippen LogP contribution in [-0.2, 0) is 21.2 Å². The number of methoxy groups -OCH3 is 1. The Balaban J connectivity index is 1.90. The van der Waals surface area contributed by atoms with Crippen LogP contribution in [0.1, 0.15) is 11.1 Å². The molecule has 0 heterocycles. The maximum absolute atomic E-state index is 13.1. The van der Waals surface area contributed by atoms with Gasteiger partial charge in [0, 0.05) is 5.02 Å². The van der Waals surface area contributed by atoms with Crippen molar-refractivity contribution in [2.24, 2.45) is 0 Å². The summed E-state index contributed by atoms with van der Waals surface area (Å²) >= 11 is 5.87. The smallest absolute Gasteiger partial charge is 0.243 e. The van der Waals surface area contributed by atoms with E-state index >= 15 is 0 Å². The zero-order chi connectivity index (χ0) is 22.4. The van der Waals surface area contributed by atoms with Crippen LogP contribution in [-0.4, -0.2) is 27.5 Å². The number of ether oxygens (including phenoxy) is 1. The van der Waals surface area contributed by atoms with E-state index in [4.69, 9.17) is 16.3 Å². The van der Waals surface area contributed by atoms with E-state index in [0.717, 1.165) is 11.1 Å². The van der Waals surface area contributed by atoms with Crippen molar-refractivity contribution in [3.8, 4) is 5.75 Å². The molecule has 0 saturated carbocycles. The summed E-state index contributed by atoms with van der Waals surface area (Å²) in [5.41, 5.74) is 2.21. The van der Waals surface area contributed by atoms with E-state index in [1.165, 1.54) is 31.4 Å². The standard InChI is InChI=1S/C23H23ClN2O4S/c1-16-8-13-22(30-2)20(14-16)25-23(27)21(15-17-6-4-3-5-7-17)26-31(28,29)19-11-9-18(24)10-12-19/h3-14,21,26H,15H2,1-2H3,(H,25,27)/t21-/m1/s1. The number of aryl methyl sites for hydroxylation is 1. The monoisotopic (exact) mass is 458 g/mol. The Morgan fingerprint density at radius 1 is 1.03 bits per heavy atom. The number of anilines is 1. The Labute approximate surface area is 187 Å². The summed E-state index contributed by atoms with van der Waals surface area (Å²) in [4.78, 5) is 13.2. The van der Waals surface area contributed by atoms with E-state index in [0.29, 0.717) is 16.5 Å². The average molecular weight is 459 g/mol. The van der Waals surface area contributed by atoms with E-state index in [-0.39, 0.29) is 11.3 Å². The first-order valence-electron chi connectivity index (χ1n) is 9.56. The van der Waals surface area contributed by atoms with E-state index in [1.807, 2.05) is 43.3 Å². The molecule has 31 heavy (non-hydrogen) atoms. The Morgan fingerprint density at radius 3 is 2.35 bits per heavy atom. The first-order chi connectivity index (χ1) is 14.8. The molecule has 0 aliphatic rings. The zero-order valence-electron chi connectivity index (χ0n) is 17.1. The molecule has 8 heteroatoms. The highest BCUT2D eigenvalue weighted by molar-refractivity contribution is 7.89. The summed E-state index contributed by atoms with van der Waals surface area (Å²) in [6.45, 7) is 1.89. The fourth-order valence-corrected chi connectivity index (χ4v) is 4.37. The van der Waals surface area contributed by atoms with Crippen LogP contribution in [0.3, 0.4) is 0 Å². The third-order valence-corrected chi connectivity index (χ3v) is 6.37. The molecule has 3 rings (SSSR count). The maximum atomic E-state index is 13.1. The highest BCUT2D eigenvalue weighted by Crippen LogP contribution is 2.25. The van der Waals surface area contributed by atoms with Crippen LogP contribution < -0.4 is 14.8 Å². The summed E-state index contributed by atoms with van der Waals surface area (Å²) in [5, 5.41) is 3.21. The van der Waals surface area contributed by atoms with E-state index in [1.54, 1.807) is 12.1 Å². The van der Waals surface area contributed by atoms with Crippen LogP contribution >= 0.6 is 11.6 Å².